The van der Waals surface area contributed by atoms with Crippen LogP contribution in [0.4, 0.5) is 0 Å². The van der Waals surface area contributed by atoms with Gasteiger partial charge in [-0.1, -0.05) is 0 Å². The Bertz CT molecular complexity index is 554. The fraction of sp³-hybridized carbons (Fsp3) is 0.762. The molecule has 3 aliphatic rings. The van der Waals surface area contributed by atoms with Gasteiger partial charge in [0, 0.05) is 50.7 Å². The first-order chi connectivity index (χ1) is 12.8. The highest BCUT2D eigenvalue weighted by Gasteiger charge is 2.48. The zero-order valence-corrected chi connectivity index (χ0v) is 16.1. The van der Waals surface area contributed by atoms with Gasteiger partial charge >= 0.3 is 0 Å². The quantitative estimate of drug-likeness (QED) is 0.807. The lowest BCUT2D eigenvalue weighted by Gasteiger charge is -2.39. The minimum atomic E-state index is 0.403. The first-order valence-electron chi connectivity index (χ1n) is 10.2. The Morgan fingerprint density at radius 3 is 2.65 bits per heavy atom. The van der Waals surface area contributed by atoms with E-state index in [-0.39, 0.29) is 0 Å². The lowest BCUT2D eigenvalue weighted by atomic mass is 9.72. The summed E-state index contributed by atoms with van der Waals surface area (Å²) in [4.78, 5) is 9.34. The molecule has 0 amide bonds. The van der Waals surface area contributed by atoms with E-state index in [1.807, 2.05) is 24.5 Å². The molecule has 5 nitrogen and oxygen atoms in total. The summed E-state index contributed by atoms with van der Waals surface area (Å²) in [5.41, 5.74) is 1.62. The molecule has 0 aromatic carbocycles. The van der Waals surface area contributed by atoms with Crippen LogP contribution in [-0.2, 0) is 16.1 Å². The molecule has 0 aliphatic carbocycles. The molecule has 1 aromatic rings. The lowest BCUT2D eigenvalue weighted by molar-refractivity contribution is -0.0267. The molecular weight excluding hydrogens is 326 g/mol. The van der Waals surface area contributed by atoms with Gasteiger partial charge in [0.25, 0.3) is 0 Å². The number of likely N-dealkylation sites (tertiary alicyclic amines) is 2. The van der Waals surface area contributed by atoms with Crippen molar-refractivity contribution in [3.05, 3.63) is 30.1 Å². The van der Waals surface area contributed by atoms with Gasteiger partial charge in [-0.25, -0.2) is 0 Å². The van der Waals surface area contributed by atoms with E-state index in [9.17, 15) is 0 Å². The van der Waals surface area contributed by atoms with Crippen LogP contribution in [0.3, 0.4) is 0 Å². The molecular formula is C21H33N3O2. The van der Waals surface area contributed by atoms with Crippen molar-refractivity contribution in [3.8, 4) is 0 Å². The number of rotatable bonds is 5. The monoisotopic (exact) mass is 359 g/mol. The molecule has 0 N–H and O–H groups in total. The van der Waals surface area contributed by atoms with Crippen molar-refractivity contribution < 1.29 is 9.47 Å². The molecule has 1 aromatic heterocycles. The molecule has 3 aliphatic heterocycles. The molecule has 4 heterocycles. The Labute approximate surface area is 157 Å². The van der Waals surface area contributed by atoms with Crippen LogP contribution in [0.5, 0.6) is 0 Å². The number of hydrogen-bond donors (Lipinski definition) is 0. The molecule has 0 radical (unpaired) electrons. The summed E-state index contributed by atoms with van der Waals surface area (Å²) in [5.74, 6) is 0.632. The molecule has 144 valence electrons. The van der Waals surface area contributed by atoms with Crippen LogP contribution >= 0.6 is 0 Å². The Morgan fingerprint density at radius 2 is 1.92 bits per heavy atom. The van der Waals surface area contributed by atoms with Crippen molar-refractivity contribution >= 4 is 0 Å². The lowest BCUT2D eigenvalue weighted by Crippen LogP contribution is -2.44. The van der Waals surface area contributed by atoms with Crippen LogP contribution in [0.1, 0.15) is 31.2 Å². The second kappa shape index (κ2) is 8.34. The standard InChI is InChI=1S/C21H33N3O2/c1-23-10-4-20(5-11-23)24-14-19(21(17-24)6-12-25-13-7-21)16-26-15-18-2-8-22-9-3-18/h2-3,8-9,19-20H,4-7,10-17H2,1H3. The van der Waals surface area contributed by atoms with Gasteiger partial charge in [-0.15, -0.1) is 0 Å². The molecule has 0 bridgehead atoms. The molecule has 3 saturated heterocycles. The predicted octanol–water partition coefficient (Wildman–Crippen LogP) is 2.42. The number of nitrogens with zero attached hydrogens (tertiary/aromatic N) is 3. The van der Waals surface area contributed by atoms with Gasteiger partial charge < -0.3 is 14.4 Å². The Hall–Kier alpha value is -1.01. The van der Waals surface area contributed by atoms with Crippen LogP contribution in [-0.4, -0.2) is 73.9 Å². The third-order valence-corrected chi connectivity index (χ3v) is 6.87. The maximum absolute atomic E-state index is 6.18. The van der Waals surface area contributed by atoms with Crippen LogP contribution in [0.15, 0.2) is 24.5 Å². The van der Waals surface area contributed by atoms with Crippen molar-refractivity contribution in [2.45, 2.75) is 38.3 Å². The van der Waals surface area contributed by atoms with E-state index in [2.05, 4.69) is 21.8 Å². The van der Waals surface area contributed by atoms with Crippen molar-refractivity contribution in [2.24, 2.45) is 11.3 Å². The molecule has 1 unspecified atom stereocenters. The molecule has 4 rings (SSSR count). The van der Waals surface area contributed by atoms with Gasteiger partial charge in [0.15, 0.2) is 0 Å². The Morgan fingerprint density at radius 1 is 1.19 bits per heavy atom. The second-order valence-corrected chi connectivity index (χ2v) is 8.51. The van der Waals surface area contributed by atoms with E-state index in [4.69, 9.17) is 9.47 Å². The molecule has 1 spiro atoms. The summed E-state index contributed by atoms with van der Waals surface area (Å²) in [6.07, 6.45) is 8.70. The highest BCUT2D eigenvalue weighted by atomic mass is 16.5. The van der Waals surface area contributed by atoms with Gasteiger partial charge in [0.1, 0.15) is 0 Å². The number of piperidine rings is 1. The second-order valence-electron chi connectivity index (χ2n) is 8.51. The third kappa shape index (κ3) is 4.11. The predicted molar refractivity (Wildman–Crippen MR) is 102 cm³/mol. The van der Waals surface area contributed by atoms with Crippen LogP contribution in [0, 0.1) is 11.3 Å². The van der Waals surface area contributed by atoms with E-state index in [1.165, 1.54) is 57.4 Å². The van der Waals surface area contributed by atoms with Crippen LogP contribution < -0.4 is 0 Å². The summed E-state index contributed by atoms with van der Waals surface area (Å²) in [5, 5.41) is 0. The molecule has 5 heteroatoms. The average Bonchev–Trinajstić information content (AvgIpc) is 3.01. The van der Waals surface area contributed by atoms with E-state index in [1.54, 1.807) is 0 Å². The number of aromatic nitrogens is 1. The van der Waals surface area contributed by atoms with Crippen molar-refractivity contribution in [1.82, 2.24) is 14.8 Å². The topological polar surface area (TPSA) is 37.8 Å². The summed E-state index contributed by atoms with van der Waals surface area (Å²) in [6, 6.07) is 4.85. The highest BCUT2D eigenvalue weighted by Crippen LogP contribution is 2.45. The zero-order chi connectivity index (χ0) is 17.8. The maximum Gasteiger partial charge on any atom is 0.0718 e. The van der Waals surface area contributed by atoms with Gasteiger partial charge in [0.05, 0.1) is 13.2 Å². The molecule has 26 heavy (non-hydrogen) atoms. The molecule has 1 atom stereocenters. The first kappa shape index (κ1) is 18.4. The van der Waals surface area contributed by atoms with Crippen LogP contribution in [0.2, 0.25) is 0 Å². The molecule has 0 saturated carbocycles. The molecule has 3 fully saturated rings. The SMILES string of the molecule is CN1CCC(N2CC(COCc3ccncc3)C3(CCOCC3)C2)CC1. The summed E-state index contributed by atoms with van der Waals surface area (Å²) < 4.78 is 11.9. The smallest absolute Gasteiger partial charge is 0.0718 e. The largest absolute Gasteiger partial charge is 0.381 e. The van der Waals surface area contributed by atoms with Crippen molar-refractivity contribution in [3.63, 3.8) is 0 Å². The van der Waals surface area contributed by atoms with E-state index < -0.39 is 0 Å². The van der Waals surface area contributed by atoms with Gasteiger partial charge in [-0.3, -0.25) is 9.88 Å². The third-order valence-electron chi connectivity index (χ3n) is 6.87. The number of hydrogen-bond acceptors (Lipinski definition) is 5. The Balaban J connectivity index is 1.37. The minimum absolute atomic E-state index is 0.403. The average molecular weight is 360 g/mol. The summed E-state index contributed by atoms with van der Waals surface area (Å²) in [7, 11) is 2.25. The van der Waals surface area contributed by atoms with Crippen molar-refractivity contribution in [2.75, 3.05) is 53.0 Å². The summed E-state index contributed by atoms with van der Waals surface area (Å²) >= 11 is 0. The van der Waals surface area contributed by atoms with Crippen molar-refractivity contribution in [1.29, 1.82) is 0 Å². The minimum Gasteiger partial charge on any atom is -0.381 e. The maximum atomic E-state index is 6.18. The fourth-order valence-corrected chi connectivity index (χ4v) is 5.08. The van der Waals surface area contributed by atoms with Crippen LogP contribution in [0.25, 0.3) is 0 Å². The fourth-order valence-electron chi connectivity index (χ4n) is 5.08. The first-order valence-corrected chi connectivity index (χ1v) is 10.2. The van der Waals surface area contributed by atoms with E-state index >= 15 is 0 Å². The van der Waals surface area contributed by atoms with E-state index in [0.29, 0.717) is 17.9 Å². The van der Waals surface area contributed by atoms with Gasteiger partial charge in [-0.05, 0) is 68.9 Å². The Kier molecular flexibility index (Phi) is 5.89. The number of ether oxygens (including phenoxy) is 2. The van der Waals surface area contributed by atoms with Gasteiger partial charge in [-0.2, -0.15) is 0 Å². The number of pyridine rings is 1. The van der Waals surface area contributed by atoms with Gasteiger partial charge in [0.2, 0.25) is 0 Å². The highest BCUT2D eigenvalue weighted by molar-refractivity contribution is 5.08. The van der Waals surface area contributed by atoms with E-state index in [0.717, 1.165) is 25.9 Å². The normalized spacial score (nSPS) is 28.0. The zero-order valence-electron chi connectivity index (χ0n) is 16.1. The summed E-state index contributed by atoms with van der Waals surface area (Å²) in [6.45, 7) is 8.31.